The fourth-order valence-electron chi connectivity index (χ4n) is 4.16. The molecule has 0 aromatic heterocycles. The number of benzene rings is 2. The standard InChI is InChI=1S/C21H22N2O4S/c1-16-7-9-17(10-8-16)20(25)22-13-11-21(12-14-22)23(18-5-3-2-4-6-18)19(24)15-28(21,26)27/h2-10H,11-15H2,1H3. The average Bonchev–Trinajstić information content (AvgIpc) is 2.88. The van der Waals surface area contributed by atoms with E-state index in [0.717, 1.165) is 5.56 Å². The van der Waals surface area contributed by atoms with Gasteiger partial charge in [0.05, 0.1) is 0 Å². The van der Waals surface area contributed by atoms with Crippen molar-refractivity contribution in [1.82, 2.24) is 4.90 Å². The van der Waals surface area contributed by atoms with Gasteiger partial charge in [-0.3, -0.25) is 14.5 Å². The van der Waals surface area contributed by atoms with E-state index in [0.29, 0.717) is 24.3 Å². The Balaban J connectivity index is 1.61. The zero-order valence-corrected chi connectivity index (χ0v) is 16.5. The highest BCUT2D eigenvalue weighted by Crippen LogP contribution is 2.42. The summed E-state index contributed by atoms with van der Waals surface area (Å²) in [6.45, 7) is 2.55. The summed E-state index contributed by atoms with van der Waals surface area (Å²) in [7, 11) is -3.64. The number of amides is 2. The number of carbonyl (C=O) groups excluding carboxylic acids is 2. The van der Waals surface area contributed by atoms with Crippen molar-refractivity contribution in [1.29, 1.82) is 0 Å². The van der Waals surface area contributed by atoms with Gasteiger partial charge in [-0.05, 0) is 31.2 Å². The van der Waals surface area contributed by atoms with E-state index in [-0.39, 0.29) is 18.7 Å². The molecule has 0 radical (unpaired) electrons. The second-order valence-corrected chi connectivity index (χ2v) is 9.71. The first-order chi connectivity index (χ1) is 13.3. The number of para-hydroxylation sites is 1. The molecule has 0 aliphatic carbocycles. The summed E-state index contributed by atoms with van der Waals surface area (Å²) in [5.74, 6) is -0.985. The molecule has 2 aliphatic heterocycles. The molecule has 2 aromatic rings. The van der Waals surface area contributed by atoms with Crippen LogP contribution in [0.25, 0.3) is 0 Å². The molecular formula is C21H22N2O4S. The van der Waals surface area contributed by atoms with Gasteiger partial charge in [-0.2, -0.15) is 0 Å². The Morgan fingerprint density at radius 3 is 2.18 bits per heavy atom. The molecule has 0 saturated carbocycles. The fraction of sp³-hybridized carbons (Fsp3) is 0.333. The van der Waals surface area contributed by atoms with Crippen molar-refractivity contribution in [2.24, 2.45) is 0 Å². The van der Waals surface area contributed by atoms with Crippen molar-refractivity contribution in [2.75, 3.05) is 23.7 Å². The summed E-state index contributed by atoms with van der Waals surface area (Å²) >= 11 is 0. The second kappa shape index (κ2) is 6.74. The largest absolute Gasteiger partial charge is 0.338 e. The predicted molar refractivity (Wildman–Crippen MR) is 107 cm³/mol. The third-order valence-electron chi connectivity index (χ3n) is 5.69. The molecule has 0 N–H and O–H groups in total. The van der Waals surface area contributed by atoms with Gasteiger partial charge in [0, 0.05) is 37.2 Å². The Morgan fingerprint density at radius 2 is 1.57 bits per heavy atom. The van der Waals surface area contributed by atoms with Gasteiger partial charge < -0.3 is 4.90 Å². The number of hydrogen-bond donors (Lipinski definition) is 0. The molecule has 0 bridgehead atoms. The molecule has 2 heterocycles. The first kappa shape index (κ1) is 18.7. The van der Waals surface area contributed by atoms with Crippen LogP contribution in [0.15, 0.2) is 54.6 Å². The topological polar surface area (TPSA) is 74.8 Å². The molecule has 2 fully saturated rings. The summed E-state index contributed by atoms with van der Waals surface area (Å²) in [5.41, 5.74) is 2.25. The van der Waals surface area contributed by atoms with Crippen LogP contribution in [0.1, 0.15) is 28.8 Å². The minimum atomic E-state index is -3.64. The van der Waals surface area contributed by atoms with Crippen LogP contribution in [0.4, 0.5) is 5.69 Å². The summed E-state index contributed by atoms with van der Waals surface area (Å²) in [4.78, 5) is 27.2. The number of carbonyl (C=O) groups is 2. The zero-order chi connectivity index (χ0) is 19.9. The lowest BCUT2D eigenvalue weighted by Gasteiger charge is -2.43. The molecule has 2 saturated heterocycles. The van der Waals surface area contributed by atoms with Crippen LogP contribution in [0.2, 0.25) is 0 Å². The number of anilines is 1. The molecule has 6 nitrogen and oxygen atoms in total. The number of sulfone groups is 1. The first-order valence-corrected chi connectivity index (χ1v) is 11.0. The Bertz CT molecular complexity index is 1010. The maximum Gasteiger partial charge on any atom is 0.253 e. The van der Waals surface area contributed by atoms with Gasteiger partial charge >= 0.3 is 0 Å². The van der Waals surface area contributed by atoms with Crippen LogP contribution in [0.3, 0.4) is 0 Å². The average molecular weight is 398 g/mol. The summed E-state index contributed by atoms with van der Waals surface area (Å²) in [6.07, 6.45) is 0.432. The van der Waals surface area contributed by atoms with Crippen molar-refractivity contribution < 1.29 is 18.0 Å². The minimum absolute atomic E-state index is 0.108. The lowest BCUT2D eigenvalue weighted by Crippen LogP contribution is -2.57. The molecule has 0 unspecified atom stereocenters. The number of rotatable bonds is 2. The molecule has 0 atom stereocenters. The monoisotopic (exact) mass is 398 g/mol. The van der Waals surface area contributed by atoms with E-state index in [4.69, 9.17) is 0 Å². The van der Waals surface area contributed by atoms with Gasteiger partial charge in [-0.1, -0.05) is 35.9 Å². The van der Waals surface area contributed by atoms with Gasteiger partial charge in [-0.15, -0.1) is 0 Å². The Kier molecular flexibility index (Phi) is 4.50. The minimum Gasteiger partial charge on any atom is -0.338 e. The Hall–Kier alpha value is -2.67. The maximum atomic E-state index is 13.0. The fourth-order valence-corrected chi connectivity index (χ4v) is 6.17. The summed E-state index contributed by atoms with van der Waals surface area (Å²) < 4.78 is 25.9. The molecule has 28 heavy (non-hydrogen) atoms. The van der Waals surface area contributed by atoms with Crippen molar-refractivity contribution in [3.63, 3.8) is 0 Å². The van der Waals surface area contributed by atoms with E-state index in [1.165, 1.54) is 4.90 Å². The number of aryl methyl sites for hydroxylation is 1. The SMILES string of the molecule is Cc1ccc(C(=O)N2CCC3(CC2)N(c2ccccc2)C(=O)CS3(=O)=O)cc1. The van der Waals surface area contributed by atoms with Crippen molar-refractivity contribution in [3.8, 4) is 0 Å². The normalized spacial score (nSPS) is 20.5. The van der Waals surface area contributed by atoms with Gasteiger partial charge in [0.1, 0.15) is 5.75 Å². The summed E-state index contributed by atoms with van der Waals surface area (Å²) in [6, 6.07) is 16.3. The van der Waals surface area contributed by atoms with Gasteiger partial charge in [0.25, 0.3) is 5.91 Å². The quantitative estimate of drug-likeness (QED) is 0.779. The molecule has 146 valence electrons. The Labute approximate surface area is 164 Å². The molecule has 2 aromatic carbocycles. The van der Waals surface area contributed by atoms with Crippen LogP contribution in [0.5, 0.6) is 0 Å². The smallest absolute Gasteiger partial charge is 0.253 e. The maximum absolute atomic E-state index is 13.0. The number of piperidine rings is 1. The van der Waals surface area contributed by atoms with E-state index in [1.54, 1.807) is 41.3 Å². The van der Waals surface area contributed by atoms with Gasteiger partial charge in [0.2, 0.25) is 5.91 Å². The third kappa shape index (κ3) is 2.90. The van der Waals surface area contributed by atoms with Crippen molar-refractivity contribution in [3.05, 3.63) is 65.7 Å². The highest BCUT2D eigenvalue weighted by Gasteiger charge is 2.59. The summed E-state index contributed by atoms with van der Waals surface area (Å²) in [5, 5.41) is 0. The predicted octanol–water partition coefficient (Wildman–Crippen LogP) is 2.39. The van der Waals surface area contributed by atoms with Crippen LogP contribution in [-0.2, 0) is 14.6 Å². The van der Waals surface area contributed by atoms with Crippen LogP contribution in [-0.4, -0.2) is 48.8 Å². The van der Waals surface area contributed by atoms with Crippen LogP contribution >= 0.6 is 0 Å². The Morgan fingerprint density at radius 1 is 0.964 bits per heavy atom. The van der Waals surface area contributed by atoms with Crippen molar-refractivity contribution in [2.45, 2.75) is 24.6 Å². The van der Waals surface area contributed by atoms with E-state index >= 15 is 0 Å². The molecular weight excluding hydrogens is 376 g/mol. The number of nitrogens with zero attached hydrogens (tertiary/aromatic N) is 2. The van der Waals surface area contributed by atoms with E-state index in [2.05, 4.69) is 0 Å². The van der Waals surface area contributed by atoms with Crippen molar-refractivity contribution >= 4 is 27.3 Å². The molecule has 1 spiro atoms. The number of likely N-dealkylation sites (tertiary alicyclic amines) is 1. The van der Waals surface area contributed by atoms with Gasteiger partial charge in [-0.25, -0.2) is 8.42 Å². The second-order valence-electron chi connectivity index (χ2n) is 7.43. The van der Waals surface area contributed by atoms with Gasteiger partial charge in [0.15, 0.2) is 14.7 Å². The van der Waals surface area contributed by atoms with E-state index in [1.807, 2.05) is 25.1 Å². The molecule has 2 amide bonds. The van der Waals surface area contributed by atoms with E-state index < -0.39 is 26.4 Å². The van der Waals surface area contributed by atoms with Crippen LogP contribution in [0, 0.1) is 6.92 Å². The highest BCUT2D eigenvalue weighted by molar-refractivity contribution is 7.94. The molecule has 4 rings (SSSR count). The molecule has 7 heteroatoms. The third-order valence-corrected chi connectivity index (χ3v) is 8.07. The lowest BCUT2D eigenvalue weighted by atomic mass is 10.00. The highest BCUT2D eigenvalue weighted by atomic mass is 32.2. The lowest BCUT2D eigenvalue weighted by molar-refractivity contribution is -0.116. The number of hydrogen-bond acceptors (Lipinski definition) is 4. The zero-order valence-electron chi connectivity index (χ0n) is 15.7. The molecule has 2 aliphatic rings. The first-order valence-electron chi connectivity index (χ1n) is 9.30. The van der Waals surface area contributed by atoms with E-state index in [9.17, 15) is 18.0 Å². The van der Waals surface area contributed by atoms with Crippen LogP contribution < -0.4 is 4.90 Å².